The Morgan fingerprint density at radius 3 is 2.68 bits per heavy atom. The van der Waals surface area contributed by atoms with Gasteiger partial charge in [-0.15, -0.1) is 0 Å². The summed E-state index contributed by atoms with van der Waals surface area (Å²) in [7, 11) is 1.70. The summed E-state index contributed by atoms with van der Waals surface area (Å²) in [6.07, 6.45) is 1.44. The summed E-state index contributed by atoms with van der Waals surface area (Å²) in [6, 6.07) is 9.19. The molecule has 34 heavy (non-hydrogen) atoms. The van der Waals surface area contributed by atoms with Gasteiger partial charge in [0.2, 0.25) is 0 Å². The molecule has 0 saturated carbocycles. The smallest absolute Gasteiger partial charge is 0.322 e. The van der Waals surface area contributed by atoms with Crippen LogP contribution in [0.15, 0.2) is 42.6 Å². The quantitative estimate of drug-likeness (QED) is 0.459. The minimum atomic E-state index is -0.709. The Balaban J connectivity index is 1.47. The van der Waals surface area contributed by atoms with E-state index in [0.29, 0.717) is 46.6 Å². The van der Waals surface area contributed by atoms with Gasteiger partial charge in [0, 0.05) is 24.8 Å². The summed E-state index contributed by atoms with van der Waals surface area (Å²) < 4.78 is 17.9. The molecule has 0 spiro atoms. The van der Waals surface area contributed by atoms with Crippen LogP contribution in [0.5, 0.6) is 0 Å². The summed E-state index contributed by atoms with van der Waals surface area (Å²) in [5.74, 6) is -1.19. The topological polar surface area (TPSA) is 115 Å². The van der Waals surface area contributed by atoms with E-state index < -0.39 is 11.7 Å². The van der Waals surface area contributed by atoms with Crippen LogP contribution in [0.1, 0.15) is 16.1 Å². The monoisotopic (exact) mass is 458 g/mol. The molecule has 3 heterocycles. The van der Waals surface area contributed by atoms with Crippen LogP contribution >= 0.6 is 0 Å². The first-order valence-electron chi connectivity index (χ1n) is 10.4. The van der Waals surface area contributed by atoms with E-state index in [0.717, 1.165) is 0 Å². The number of halogens is 1. The molecule has 4 aromatic rings. The number of fused-ring (bicyclic) bond motifs is 2. The molecular weight excluding hydrogens is 439 g/mol. The van der Waals surface area contributed by atoms with Crippen LogP contribution in [-0.4, -0.2) is 42.9 Å². The Bertz CT molecular complexity index is 1500. The first-order chi connectivity index (χ1) is 16.4. The number of nitrogens with zero attached hydrogens (tertiary/aromatic N) is 6. The zero-order valence-electron chi connectivity index (χ0n) is 18.1. The van der Waals surface area contributed by atoms with E-state index in [1.54, 1.807) is 51.6 Å². The van der Waals surface area contributed by atoms with Crippen molar-refractivity contribution in [2.75, 3.05) is 11.9 Å². The fourth-order valence-electron chi connectivity index (χ4n) is 4.12. The molecule has 0 bridgehead atoms. The molecule has 3 amide bonds. The first-order valence-corrected chi connectivity index (χ1v) is 10.4. The first kappa shape index (κ1) is 21.1. The van der Waals surface area contributed by atoms with E-state index in [-0.39, 0.29) is 23.8 Å². The largest absolute Gasteiger partial charge is 0.365 e. The molecule has 10 nitrogen and oxygen atoms in total. The lowest BCUT2D eigenvalue weighted by atomic mass is 10.0. The highest BCUT2D eigenvalue weighted by molar-refractivity contribution is 6.01. The van der Waals surface area contributed by atoms with Crippen LogP contribution in [0.2, 0.25) is 0 Å². The van der Waals surface area contributed by atoms with Crippen molar-refractivity contribution in [2.45, 2.75) is 13.1 Å². The van der Waals surface area contributed by atoms with Crippen molar-refractivity contribution in [3.05, 3.63) is 71.1 Å². The van der Waals surface area contributed by atoms with Gasteiger partial charge in [0.15, 0.2) is 5.69 Å². The Hall–Kier alpha value is -4.72. The fraction of sp³-hybridized carbons (Fsp3) is 0.174. The van der Waals surface area contributed by atoms with Gasteiger partial charge in [-0.3, -0.25) is 14.2 Å². The fourth-order valence-corrected chi connectivity index (χ4v) is 4.12. The molecular formula is C23H19FN8O2. The van der Waals surface area contributed by atoms with Crippen LogP contribution < -0.4 is 11.1 Å². The second-order valence-electron chi connectivity index (χ2n) is 7.93. The van der Waals surface area contributed by atoms with Gasteiger partial charge >= 0.3 is 6.03 Å². The molecule has 0 aliphatic carbocycles. The summed E-state index contributed by atoms with van der Waals surface area (Å²) in [6.45, 7) is 7.82. The zero-order valence-corrected chi connectivity index (χ0v) is 18.1. The molecule has 0 unspecified atom stereocenters. The van der Waals surface area contributed by atoms with Crippen molar-refractivity contribution in [3.8, 4) is 11.3 Å². The Morgan fingerprint density at radius 1 is 1.21 bits per heavy atom. The number of rotatable bonds is 3. The highest BCUT2D eigenvalue weighted by atomic mass is 19.1. The number of aromatic nitrogens is 4. The Kier molecular flexibility index (Phi) is 4.98. The third kappa shape index (κ3) is 3.51. The van der Waals surface area contributed by atoms with Gasteiger partial charge < -0.3 is 16.0 Å². The standard InChI is InChI=1S/C23H19FN8O2/c1-26-14-3-5-15(6-4-14)28-23(34)31-7-8-32-19(12-31)20(22(25)33)21(29-32)13-9-17(24)16-11-27-30(2)18(16)10-13/h3-6,9-11H,7-8,12H2,2H3,(H2,25,33)(H,28,34). The third-order valence-electron chi connectivity index (χ3n) is 5.85. The van der Waals surface area contributed by atoms with Crippen molar-refractivity contribution < 1.29 is 14.0 Å². The number of urea groups is 1. The average molecular weight is 458 g/mol. The average Bonchev–Trinajstić information content (AvgIpc) is 3.40. The summed E-state index contributed by atoms with van der Waals surface area (Å²) in [5.41, 5.74) is 8.59. The summed E-state index contributed by atoms with van der Waals surface area (Å²) in [4.78, 5) is 30.1. The number of benzene rings is 2. The second kappa shape index (κ2) is 8.00. The van der Waals surface area contributed by atoms with Crippen LogP contribution in [0.3, 0.4) is 0 Å². The van der Waals surface area contributed by atoms with Gasteiger partial charge in [-0.05, 0) is 24.3 Å². The van der Waals surface area contributed by atoms with Gasteiger partial charge in [-0.25, -0.2) is 14.0 Å². The van der Waals surface area contributed by atoms with Crippen LogP contribution in [-0.2, 0) is 20.1 Å². The summed E-state index contributed by atoms with van der Waals surface area (Å²) >= 11 is 0. The van der Waals surface area contributed by atoms with Gasteiger partial charge in [-0.1, -0.05) is 12.1 Å². The highest BCUT2D eigenvalue weighted by Gasteiger charge is 2.30. The molecule has 0 saturated heterocycles. The van der Waals surface area contributed by atoms with E-state index in [2.05, 4.69) is 20.4 Å². The minimum Gasteiger partial charge on any atom is -0.365 e. The van der Waals surface area contributed by atoms with Crippen molar-refractivity contribution in [2.24, 2.45) is 12.8 Å². The number of amides is 3. The highest BCUT2D eigenvalue weighted by Crippen LogP contribution is 2.31. The molecule has 1 aliphatic heterocycles. The molecule has 11 heteroatoms. The van der Waals surface area contributed by atoms with Crippen molar-refractivity contribution in [3.63, 3.8) is 0 Å². The molecule has 5 rings (SSSR count). The second-order valence-corrected chi connectivity index (χ2v) is 7.93. The van der Waals surface area contributed by atoms with Crippen LogP contribution in [0, 0.1) is 12.4 Å². The predicted octanol–water partition coefficient (Wildman–Crippen LogP) is 3.27. The van der Waals surface area contributed by atoms with Crippen molar-refractivity contribution in [1.29, 1.82) is 0 Å². The number of carbonyl (C=O) groups excluding carboxylic acids is 2. The molecule has 0 atom stereocenters. The molecule has 1 aliphatic rings. The minimum absolute atomic E-state index is 0.105. The maximum absolute atomic E-state index is 14.7. The Morgan fingerprint density at radius 2 is 1.97 bits per heavy atom. The van der Waals surface area contributed by atoms with Gasteiger partial charge in [0.25, 0.3) is 5.91 Å². The lowest BCUT2D eigenvalue weighted by molar-refractivity contribution is 0.0997. The molecule has 0 fully saturated rings. The van der Waals surface area contributed by atoms with Crippen LogP contribution in [0.4, 0.5) is 20.6 Å². The van der Waals surface area contributed by atoms with Crippen molar-refractivity contribution in [1.82, 2.24) is 24.5 Å². The predicted molar refractivity (Wildman–Crippen MR) is 123 cm³/mol. The van der Waals surface area contributed by atoms with Gasteiger partial charge in [-0.2, -0.15) is 10.2 Å². The number of anilines is 1. The van der Waals surface area contributed by atoms with E-state index in [1.807, 2.05) is 0 Å². The SMILES string of the molecule is [C-]#[N+]c1ccc(NC(=O)N2CCn3nc(-c4cc(F)c5cnn(C)c5c4)c(C(N)=O)c3C2)cc1. The number of aryl methyl sites for hydroxylation is 1. The van der Waals surface area contributed by atoms with Crippen LogP contribution in [0.25, 0.3) is 27.0 Å². The number of carbonyl (C=O) groups is 2. The third-order valence-corrected chi connectivity index (χ3v) is 5.85. The number of hydrogen-bond donors (Lipinski definition) is 2. The molecule has 2 aromatic heterocycles. The number of primary amides is 1. The molecule has 3 N–H and O–H groups in total. The lowest BCUT2D eigenvalue weighted by Crippen LogP contribution is -2.41. The van der Waals surface area contributed by atoms with E-state index in [9.17, 15) is 14.0 Å². The maximum Gasteiger partial charge on any atom is 0.322 e. The maximum atomic E-state index is 14.7. The number of nitrogens with one attached hydrogen (secondary N) is 1. The molecule has 2 aromatic carbocycles. The van der Waals surface area contributed by atoms with E-state index >= 15 is 0 Å². The normalized spacial score (nSPS) is 12.9. The summed E-state index contributed by atoms with van der Waals surface area (Å²) in [5, 5.41) is 11.8. The van der Waals surface area contributed by atoms with E-state index in [4.69, 9.17) is 12.3 Å². The lowest BCUT2D eigenvalue weighted by Gasteiger charge is -2.28. The molecule has 170 valence electrons. The zero-order chi connectivity index (χ0) is 24.0. The van der Waals surface area contributed by atoms with Gasteiger partial charge in [0.05, 0.1) is 48.0 Å². The molecule has 0 radical (unpaired) electrons. The number of hydrogen-bond acceptors (Lipinski definition) is 4. The Labute approximate surface area is 193 Å². The van der Waals surface area contributed by atoms with Gasteiger partial charge in [0.1, 0.15) is 11.5 Å². The number of nitrogens with two attached hydrogens (primary N) is 1. The van der Waals surface area contributed by atoms with Crippen molar-refractivity contribution >= 4 is 34.2 Å². The van der Waals surface area contributed by atoms with E-state index in [1.165, 1.54) is 12.3 Å².